The number of nitrogens with zero attached hydrogens (tertiary/aromatic N) is 2. The normalized spacial score (nSPS) is 10.5. The maximum absolute atomic E-state index is 5.31. The first-order chi connectivity index (χ1) is 12.6. The SMILES string of the molecule is CCc1cccc(N(c2ccc(OC)cc2)c2ccc(N(C)C)cc2)c1. The molecule has 0 spiro atoms. The lowest BCUT2D eigenvalue weighted by atomic mass is 10.1. The van der Waals surface area contributed by atoms with Crippen molar-refractivity contribution in [1.29, 1.82) is 0 Å². The third-order valence-corrected chi connectivity index (χ3v) is 4.53. The lowest BCUT2D eigenvalue weighted by Crippen LogP contribution is -2.12. The minimum atomic E-state index is 0.860. The van der Waals surface area contributed by atoms with Crippen molar-refractivity contribution in [2.24, 2.45) is 0 Å². The third kappa shape index (κ3) is 3.83. The van der Waals surface area contributed by atoms with E-state index in [9.17, 15) is 0 Å². The van der Waals surface area contributed by atoms with Gasteiger partial charge in [-0.2, -0.15) is 0 Å². The molecule has 0 aliphatic heterocycles. The van der Waals surface area contributed by atoms with Crippen LogP contribution in [-0.2, 0) is 6.42 Å². The standard InChI is InChI=1S/C23H26N2O/c1-5-18-7-6-8-22(17-18)25(21-13-15-23(26-4)16-14-21)20-11-9-19(10-12-20)24(2)3/h6-17H,5H2,1-4H3. The van der Waals surface area contributed by atoms with Gasteiger partial charge in [0.1, 0.15) is 5.75 Å². The van der Waals surface area contributed by atoms with Crippen LogP contribution in [0.5, 0.6) is 5.75 Å². The highest BCUT2D eigenvalue weighted by Crippen LogP contribution is 2.36. The Hall–Kier alpha value is -2.94. The summed E-state index contributed by atoms with van der Waals surface area (Å²) in [6, 6.07) is 25.5. The number of hydrogen-bond donors (Lipinski definition) is 0. The van der Waals surface area contributed by atoms with Gasteiger partial charge in [0.15, 0.2) is 0 Å². The quantitative estimate of drug-likeness (QED) is 0.561. The van der Waals surface area contributed by atoms with Crippen molar-refractivity contribution in [1.82, 2.24) is 0 Å². The smallest absolute Gasteiger partial charge is 0.119 e. The van der Waals surface area contributed by atoms with E-state index in [2.05, 4.69) is 91.5 Å². The van der Waals surface area contributed by atoms with Crippen LogP contribution in [0.3, 0.4) is 0 Å². The van der Waals surface area contributed by atoms with E-state index in [0.717, 1.165) is 29.2 Å². The Kier molecular flexibility index (Phi) is 5.47. The summed E-state index contributed by atoms with van der Waals surface area (Å²) < 4.78 is 5.31. The van der Waals surface area contributed by atoms with E-state index in [1.165, 1.54) is 11.3 Å². The van der Waals surface area contributed by atoms with Gasteiger partial charge in [-0.3, -0.25) is 0 Å². The van der Waals surface area contributed by atoms with Crippen LogP contribution in [-0.4, -0.2) is 21.2 Å². The highest BCUT2D eigenvalue weighted by Gasteiger charge is 2.13. The maximum atomic E-state index is 5.31. The van der Waals surface area contributed by atoms with Gasteiger partial charge in [0, 0.05) is 36.8 Å². The van der Waals surface area contributed by atoms with Gasteiger partial charge in [-0.15, -0.1) is 0 Å². The predicted molar refractivity (Wildman–Crippen MR) is 111 cm³/mol. The zero-order chi connectivity index (χ0) is 18.5. The largest absolute Gasteiger partial charge is 0.497 e. The highest BCUT2D eigenvalue weighted by molar-refractivity contribution is 5.77. The lowest BCUT2D eigenvalue weighted by molar-refractivity contribution is 0.415. The molecule has 3 rings (SSSR count). The molecule has 0 atom stereocenters. The van der Waals surface area contributed by atoms with Gasteiger partial charge in [-0.1, -0.05) is 19.1 Å². The summed E-state index contributed by atoms with van der Waals surface area (Å²) in [6.07, 6.45) is 1.02. The van der Waals surface area contributed by atoms with Crippen LogP contribution in [0, 0.1) is 0 Å². The first-order valence-electron chi connectivity index (χ1n) is 8.93. The zero-order valence-corrected chi connectivity index (χ0v) is 15.9. The minimum absolute atomic E-state index is 0.860. The van der Waals surface area contributed by atoms with Gasteiger partial charge in [0.2, 0.25) is 0 Å². The summed E-state index contributed by atoms with van der Waals surface area (Å²) in [5.74, 6) is 0.860. The molecule has 0 heterocycles. The van der Waals surface area contributed by atoms with Crippen LogP contribution in [0.2, 0.25) is 0 Å². The molecule has 0 radical (unpaired) electrons. The summed E-state index contributed by atoms with van der Waals surface area (Å²) in [4.78, 5) is 4.39. The Morgan fingerprint density at radius 2 is 1.31 bits per heavy atom. The summed E-state index contributed by atoms with van der Waals surface area (Å²) >= 11 is 0. The topological polar surface area (TPSA) is 15.7 Å². The second-order valence-electron chi connectivity index (χ2n) is 6.47. The number of methoxy groups -OCH3 is 1. The molecule has 134 valence electrons. The number of benzene rings is 3. The van der Waals surface area contributed by atoms with E-state index in [-0.39, 0.29) is 0 Å². The van der Waals surface area contributed by atoms with E-state index in [1.807, 2.05) is 12.1 Å². The molecule has 0 fully saturated rings. The fourth-order valence-corrected chi connectivity index (χ4v) is 2.99. The molecule has 0 aliphatic rings. The van der Waals surface area contributed by atoms with Crippen LogP contribution in [0.4, 0.5) is 22.7 Å². The first-order valence-corrected chi connectivity index (χ1v) is 8.93. The molecule has 3 heteroatoms. The predicted octanol–water partition coefficient (Wildman–Crippen LogP) is 5.79. The average Bonchev–Trinajstić information content (AvgIpc) is 2.69. The summed E-state index contributed by atoms with van der Waals surface area (Å²) in [5.41, 5.74) is 5.91. The molecule has 0 N–H and O–H groups in total. The van der Waals surface area contributed by atoms with Crippen LogP contribution in [0.15, 0.2) is 72.8 Å². The molecule has 0 saturated heterocycles. The van der Waals surface area contributed by atoms with Gasteiger partial charge in [-0.25, -0.2) is 0 Å². The minimum Gasteiger partial charge on any atom is -0.497 e. The Bertz CT molecular complexity index is 839. The highest BCUT2D eigenvalue weighted by atomic mass is 16.5. The molecule has 0 aromatic heterocycles. The Balaban J connectivity index is 2.08. The number of hydrogen-bond acceptors (Lipinski definition) is 3. The van der Waals surface area contributed by atoms with Crippen molar-refractivity contribution in [3.05, 3.63) is 78.4 Å². The zero-order valence-electron chi connectivity index (χ0n) is 15.9. The maximum Gasteiger partial charge on any atom is 0.119 e. The van der Waals surface area contributed by atoms with Crippen molar-refractivity contribution >= 4 is 22.7 Å². The van der Waals surface area contributed by atoms with Crippen LogP contribution in [0.25, 0.3) is 0 Å². The van der Waals surface area contributed by atoms with Gasteiger partial charge < -0.3 is 14.5 Å². The molecule has 0 bridgehead atoms. The van der Waals surface area contributed by atoms with Crippen molar-refractivity contribution in [3.63, 3.8) is 0 Å². The second kappa shape index (κ2) is 7.96. The van der Waals surface area contributed by atoms with Crippen LogP contribution < -0.4 is 14.5 Å². The molecule has 0 amide bonds. The number of aryl methyl sites for hydroxylation is 1. The van der Waals surface area contributed by atoms with Crippen LogP contribution in [0.1, 0.15) is 12.5 Å². The Morgan fingerprint density at radius 3 is 1.85 bits per heavy atom. The fraction of sp³-hybridized carbons (Fsp3) is 0.217. The number of anilines is 4. The van der Waals surface area contributed by atoms with E-state index in [4.69, 9.17) is 4.74 Å². The van der Waals surface area contributed by atoms with Gasteiger partial charge >= 0.3 is 0 Å². The average molecular weight is 346 g/mol. The van der Waals surface area contributed by atoms with Crippen molar-refractivity contribution in [2.75, 3.05) is 31.0 Å². The lowest BCUT2D eigenvalue weighted by Gasteiger charge is -2.26. The first kappa shape index (κ1) is 17.9. The number of rotatable bonds is 6. The molecule has 3 aromatic rings. The molecular formula is C23H26N2O. The van der Waals surface area contributed by atoms with Crippen molar-refractivity contribution < 1.29 is 4.74 Å². The fourth-order valence-electron chi connectivity index (χ4n) is 2.99. The second-order valence-corrected chi connectivity index (χ2v) is 6.47. The summed E-state index contributed by atoms with van der Waals surface area (Å²) in [7, 11) is 5.80. The van der Waals surface area contributed by atoms with Crippen molar-refractivity contribution in [3.8, 4) is 5.75 Å². The van der Waals surface area contributed by atoms with Crippen molar-refractivity contribution in [2.45, 2.75) is 13.3 Å². The third-order valence-electron chi connectivity index (χ3n) is 4.53. The molecule has 0 aliphatic carbocycles. The Morgan fingerprint density at radius 1 is 0.731 bits per heavy atom. The molecule has 0 saturated carbocycles. The van der Waals surface area contributed by atoms with Crippen LogP contribution >= 0.6 is 0 Å². The van der Waals surface area contributed by atoms with E-state index >= 15 is 0 Å². The molecule has 26 heavy (non-hydrogen) atoms. The van der Waals surface area contributed by atoms with E-state index in [0.29, 0.717) is 0 Å². The van der Waals surface area contributed by atoms with Gasteiger partial charge in [-0.05, 0) is 72.6 Å². The molecular weight excluding hydrogens is 320 g/mol. The number of ether oxygens (including phenoxy) is 1. The van der Waals surface area contributed by atoms with Gasteiger partial charge in [0.25, 0.3) is 0 Å². The van der Waals surface area contributed by atoms with E-state index in [1.54, 1.807) is 7.11 Å². The summed E-state index contributed by atoms with van der Waals surface area (Å²) in [6.45, 7) is 2.18. The Labute approximate surface area is 156 Å². The molecule has 0 unspecified atom stereocenters. The molecule has 3 nitrogen and oxygen atoms in total. The van der Waals surface area contributed by atoms with Gasteiger partial charge in [0.05, 0.1) is 7.11 Å². The van der Waals surface area contributed by atoms with E-state index < -0.39 is 0 Å². The monoisotopic (exact) mass is 346 g/mol. The molecule has 3 aromatic carbocycles. The summed E-state index contributed by atoms with van der Waals surface area (Å²) in [5, 5.41) is 0.